The number of carbonyl (C=O) groups is 2. The number of piperazine rings is 1. The summed E-state index contributed by atoms with van der Waals surface area (Å²) in [6.45, 7) is 4.22. The summed E-state index contributed by atoms with van der Waals surface area (Å²) in [6.07, 6.45) is 5.11. The first-order valence-corrected chi connectivity index (χ1v) is 12.8. The molecule has 188 valence electrons. The molecule has 1 aliphatic heterocycles. The van der Waals surface area contributed by atoms with Crippen molar-refractivity contribution in [2.75, 3.05) is 26.7 Å². The molecule has 9 nitrogen and oxygen atoms in total. The zero-order chi connectivity index (χ0) is 24.7. The third kappa shape index (κ3) is 4.73. The molecule has 35 heavy (non-hydrogen) atoms. The van der Waals surface area contributed by atoms with Crippen molar-refractivity contribution < 1.29 is 14.3 Å². The predicted octanol–water partition coefficient (Wildman–Crippen LogP) is 1.97. The van der Waals surface area contributed by atoms with Gasteiger partial charge in [0.15, 0.2) is 0 Å². The van der Waals surface area contributed by atoms with E-state index in [0.717, 1.165) is 38.5 Å². The van der Waals surface area contributed by atoms with E-state index >= 15 is 0 Å². The van der Waals surface area contributed by atoms with Crippen molar-refractivity contribution in [2.24, 2.45) is 17.8 Å². The second-order valence-corrected chi connectivity index (χ2v) is 10.4. The van der Waals surface area contributed by atoms with Crippen LogP contribution in [-0.4, -0.2) is 64.0 Å². The third-order valence-corrected chi connectivity index (χ3v) is 7.97. The van der Waals surface area contributed by atoms with Crippen molar-refractivity contribution in [2.45, 2.75) is 58.0 Å². The second kappa shape index (κ2) is 9.51. The minimum Gasteiger partial charge on any atom is -0.497 e. The normalized spacial score (nSPS) is 25.0. The Morgan fingerprint density at radius 3 is 2.34 bits per heavy atom. The van der Waals surface area contributed by atoms with Gasteiger partial charge in [0.1, 0.15) is 5.75 Å². The van der Waals surface area contributed by atoms with Crippen molar-refractivity contribution in [1.82, 2.24) is 19.4 Å². The predicted molar refractivity (Wildman–Crippen MR) is 131 cm³/mol. The van der Waals surface area contributed by atoms with E-state index in [1.165, 1.54) is 4.57 Å². The number of aromatic amines is 1. The highest BCUT2D eigenvalue weighted by Crippen LogP contribution is 2.33. The number of aromatic nitrogens is 2. The average molecular weight is 483 g/mol. The molecule has 2 aromatic rings. The molecule has 1 aromatic carbocycles. The number of H-pyrrole nitrogens is 1. The summed E-state index contributed by atoms with van der Waals surface area (Å²) in [5.41, 5.74) is -0.217. The molecule has 5 rings (SSSR count). The van der Waals surface area contributed by atoms with Gasteiger partial charge in [-0.3, -0.25) is 19.0 Å². The fourth-order valence-corrected chi connectivity index (χ4v) is 5.68. The van der Waals surface area contributed by atoms with Crippen molar-refractivity contribution in [3.63, 3.8) is 0 Å². The van der Waals surface area contributed by atoms with Gasteiger partial charge in [-0.15, -0.1) is 0 Å². The third-order valence-electron chi connectivity index (χ3n) is 7.97. The Hall–Kier alpha value is -3.10. The number of carbonyl (C=O) groups excluding carboxylic acids is 2. The Bertz CT molecular complexity index is 1240. The van der Waals surface area contributed by atoms with Crippen LogP contribution in [0.2, 0.25) is 0 Å². The van der Waals surface area contributed by atoms with Crippen LogP contribution in [-0.2, 0) is 16.1 Å². The molecule has 9 heteroatoms. The summed E-state index contributed by atoms with van der Waals surface area (Å²) >= 11 is 0. The highest BCUT2D eigenvalue weighted by atomic mass is 16.5. The minimum atomic E-state index is -0.404. The van der Waals surface area contributed by atoms with E-state index < -0.39 is 5.69 Å². The van der Waals surface area contributed by atoms with Gasteiger partial charge in [-0.05, 0) is 69.6 Å². The lowest BCUT2D eigenvalue weighted by Crippen LogP contribution is -2.57. The molecule has 2 saturated carbocycles. The molecule has 3 fully saturated rings. The van der Waals surface area contributed by atoms with Crippen LogP contribution in [0, 0.1) is 17.8 Å². The number of amides is 2. The Balaban J connectivity index is 1.20. The lowest BCUT2D eigenvalue weighted by atomic mass is 9.81. The first-order valence-electron chi connectivity index (χ1n) is 12.8. The lowest BCUT2D eigenvalue weighted by molar-refractivity contribution is -0.146. The van der Waals surface area contributed by atoms with Crippen LogP contribution >= 0.6 is 0 Å². The van der Waals surface area contributed by atoms with E-state index in [-0.39, 0.29) is 41.2 Å². The molecule has 2 heterocycles. The first-order chi connectivity index (χ1) is 16.9. The number of nitrogens with one attached hydrogen (secondary N) is 1. The van der Waals surface area contributed by atoms with E-state index in [4.69, 9.17) is 4.74 Å². The molecule has 2 aliphatic carbocycles. The lowest BCUT2D eigenvalue weighted by Gasteiger charge is -2.42. The van der Waals surface area contributed by atoms with Gasteiger partial charge in [0.05, 0.1) is 18.0 Å². The minimum absolute atomic E-state index is 0.0309. The van der Waals surface area contributed by atoms with Gasteiger partial charge in [0.25, 0.3) is 5.56 Å². The first kappa shape index (κ1) is 23.6. The van der Waals surface area contributed by atoms with E-state index in [1.807, 2.05) is 16.7 Å². The summed E-state index contributed by atoms with van der Waals surface area (Å²) < 4.78 is 6.51. The summed E-state index contributed by atoms with van der Waals surface area (Å²) in [5, 5.41) is 0.432. The van der Waals surface area contributed by atoms with Gasteiger partial charge in [0.2, 0.25) is 11.8 Å². The van der Waals surface area contributed by atoms with Crippen LogP contribution in [0.3, 0.4) is 0 Å². The molecule has 1 aromatic heterocycles. The topological polar surface area (TPSA) is 105 Å². The van der Waals surface area contributed by atoms with Gasteiger partial charge < -0.3 is 19.5 Å². The maximum absolute atomic E-state index is 13.3. The van der Waals surface area contributed by atoms with Crippen LogP contribution < -0.4 is 16.0 Å². The molecule has 3 aliphatic rings. The standard InChI is InChI=1S/C26H34N4O5/c1-16-14-28(23(31)18-7-8-18)11-12-29(16)24(32)19-5-3-17(4-6-19)15-30-25(33)21-13-20(35-2)9-10-22(21)27-26(30)34/h9-10,13,16-19H,3-8,11-12,14-15H2,1-2H3,(H,27,34)/t16-,17?,19?/m1/s1. The Morgan fingerprint density at radius 1 is 1.00 bits per heavy atom. The van der Waals surface area contributed by atoms with Crippen LogP contribution in [0.5, 0.6) is 5.75 Å². The van der Waals surface area contributed by atoms with E-state index in [9.17, 15) is 19.2 Å². The van der Waals surface area contributed by atoms with Gasteiger partial charge in [-0.25, -0.2) is 4.79 Å². The smallest absolute Gasteiger partial charge is 0.328 e. The highest BCUT2D eigenvalue weighted by molar-refractivity contribution is 5.82. The molecule has 0 unspecified atom stereocenters. The van der Waals surface area contributed by atoms with Gasteiger partial charge in [0, 0.05) is 44.1 Å². The molecule has 1 saturated heterocycles. The van der Waals surface area contributed by atoms with Crippen molar-refractivity contribution >= 4 is 22.7 Å². The number of hydrogen-bond donors (Lipinski definition) is 1. The summed E-state index contributed by atoms with van der Waals surface area (Å²) in [7, 11) is 1.54. The van der Waals surface area contributed by atoms with Crippen molar-refractivity contribution in [3.05, 3.63) is 39.0 Å². The monoisotopic (exact) mass is 482 g/mol. The van der Waals surface area contributed by atoms with E-state index in [0.29, 0.717) is 42.8 Å². The Morgan fingerprint density at radius 2 is 1.69 bits per heavy atom. The molecule has 1 N–H and O–H groups in total. The zero-order valence-electron chi connectivity index (χ0n) is 20.5. The summed E-state index contributed by atoms with van der Waals surface area (Å²) in [6, 6.07) is 5.08. The van der Waals surface area contributed by atoms with Crippen molar-refractivity contribution in [1.29, 1.82) is 0 Å². The van der Waals surface area contributed by atoms with Crippen LogP contribution in [0.15, 0.2) is 27.8 Å². The molecule has 2 amide bonds. The molecule has 0 spiro atoms. The summed E-state index contributed by atoms with van der Waals surface area (Å²) in [4.78, 5) is 58.0. The zero-order valence-corrected chi connectivity index (χ0v) is 20.5. The van der Waals surface area contributed by atoms with Crippen LogP contribution in [0.25, 0.3) is 10.9 Å². The molecular formula is C26H34N4O5. The van der Waals surface area contributed by atoms with E-state index in [1.54, 1.807) is 25.3 Å². The van der Waals surface area contributed by atoms with Gasteiger partial charge in [-0.1, -0.05) is 0 Å². The molecule has 0 bridgehead atoms. The fraction of sp³-hybridized carbons (Fsp3) is 0.615. The van der Waals surface area contributed by atoms with Crippen LogP contribution in [0.1, 0.15) is 45.4 Å². The van der Waals surface area contributed by atoms with Crippen molar-refractivity contribution in [3.8, 4) is 5.75 Å². The number of nitrogens with zero attached hydrogens (tertiary/aromatic N) is 3. The number of benzene rings is 1. The van der Waals surface area contributed by atoms with Gasteiger partial charge in [-0.2, -0.15) is 0 Å². The molecular weight excluding hydrogens is 448 g/mol. The largest absolute Gasteiger partial charge is 0.497 e. The SMILES string of the molecule is COc1ccc2[nH]c(=O)n(CC3CCC(C(=O)N4CCN(C(=O)C5CC5)C[C@H]4C)CC3)c(=O)c2c1. The second-order valence-electron chi connectivity index (χ2n) is 10.4. The Kier molecular flexibility index (Phi) is 6.42. The highest BCUT2D eigenvalue weighted by Gasteiger charge is 2.39. The van der Waals surface area contributed by atoms with Gasteiger partial charge >= 0.3 is 5.69 Å². The molecule has 1 atom stereocenters. The quantitative estimate of drug-likeness (QED) is 0.702. The Labute approximate surface area is 204 Å². The average Bonchev–Trinajstić information content (AvgIpc) is 3.71. The molecule has 0 radical (unpaired) electrons. The number of rotatable bonds is 5. The van der Waals surface area contributed by atoms with Crippen LogP contribution in [0.4, 0.5) is 0 Å². The number of ether oxygens (including phenoxy) is 1. The maximum Gasteiger partial charge on any atom is 0.328 e. The number of fused-ring (bicyclic) bond motifs is 1. The number of methoxy groups -OCH3 is 1. The maximum atomic E-state index is 13.3. The summed E-state index contributed by atoms with van der Waals surface area (Å²) in [5.74, 6) is 1.36. The number of hydrogen-bond acceptors (Lipinski definition) is 5. The fourth-order valence-electron chi connectivity index (χ4n) is 5.68. The van der Waals surface area contributed by atoms with E-state index in [2.05, 4.69) is 4.98 Å².